The van der Waals surface area contributed by atoms with Gasteiger partial charge in [-0.25, -0.2) is 0 Å². The van der Waals surface area contributed by atoms with Crippen LogP contribution >= 0.6 is 0 Å². The number of benzene rings is 1. The van der Waals surface area contributed by atoms with E-state index in [1.54, 1.807) is 28.6 Å². The molecular formula is C9H10GeNO3. The van der Waals surface area contributed by atoms with E-state index in [0.717, 1.165) is 5.56 Å². The number of phenols is 1. The zero-order chi connectivity index (χ0) is 10.7. The SMILES string of the molecule is NC(C(=O)O)[CH]([Ge])c1ccc(O)cc1. The molecule has 73 valence electrons. The van der Waals surface area contributed by atoms with Crippen LogP contribution in [0.15, 0.2) is 24.3 Å². The average molecular weight is 253 g/mol. The molecule has 0 spiro atoms. The first-order valence-corrected chi connectivity index (χ1v) is 5.22. The van der Waals surface area contributed by atoms with Gasteiger partial charge in [-0.05, 0) is 0 Å². The fourth-order valence-electron chi connectivity index (χ4n) is 1.03. The second-order valence-corrected chi connectivity index (χ2v) is 4.24. The van der Waals surface area contributed by atoms with Gasteiger partial charge in [0.1, 0.15) is 0 Å². The van der Waals surface area contributed by atoms with Crippen molar-refractivity contribution in [1.29, 1.82) is 0 Å². The molecule has 0 aliphatic carbocycles. The number of aliphatic carboxylic acids is 1. The number of aromatic hydroxyl groups is 1. The normalized spacial score (nSPS) is 14.7. The average Bonchev–Trinajstić information content (AvgIpc) is 2.16. The van der Waals surface area contributed by atoms with Crippen LogP contribution < -0.4 is 5.73 Å². The van der Waals surface area contributed by atoms with E-state index in [0.29, 0.717) is 0 Å². The molecular weight excluding hydrogens is 243 g/mol. The summed E-state index contributed by atoms with van der Waals surface area (Å²) >= 11 is 1.74. The maximum atomic E-state index is 10.6. The molecule has 0 aliphatic rings. The summed E-state index contributed by atoms with van der Waals surface area (Å²) in [5.41, 5.74) is 6.27. The molecule has 0 heterocycles. The fraction of sp³-hybridized carbons (Fsp3) is 0.222. The van der Waals surface area contributed by atoms with E-state index in [2.05, 4.69) is 0 Å². The van der Waals surface area contributed by atoms with E-state index in [1.165, 1.54) is 12.1 Å². The van der Waals surface area contributed by atoms with Crippen molar-refractivity contribution >= 4 is 22.5 Å². The van der Waals surface area contributed by atoms with Crippen LogP contribution in [-0.2, 0) is 4.79 Å². The molecule has 2 unspecified atom stereocenters. The Bertz CT molecular complexity index is 325. The Morgan fingerprint density at radius 1 is 1.36 bits per heavy atom. The Hall–Kier alpha value is -1.01. The quantitative estimate of drug-likeness (QED) is 0.662. The summed E-state index contributed by atoms with van der Waals surface area (Å²) in [4.78, 5) is 10.6. The van der Waals surface area contributed by atoms with Crippen molar-refractivity contribution in [3.63, 3.8) is 0 Å². The molecule has 0 saturated carbocycles. The first-order valence-electron chi connectivity index (χ1n) is 4.01. The molecule has 0 fully saturated rings. The molecule has 0 aromatic heterocycles. The molecule has 1 rings (SSSR count). The topological polar surface area (TPSA) is 83.6 Å². The third-order valence-electron chi connectivity index (χ3n) is 1.90. The molecule has 14 heavy (non-hydrogen) atoms. The zero-order valence-electron chi connectivity index (χ0n) is 7.34. The Labute approximate surface area is 90.0 Å². The molecule has 4 nitrogen and oxygen atoms in total. The van der Waals surface area contributed by atoms with Crippen LogP contribution in [0.3, 0.4) is 0 Å². The van der Waals surface area contributed by atoms with Crippen LogP contribution in [0.1, 0.15) is 10.3 Å². The molecule has 0 bridgehead atoms. The van der Waals surface area contributed by atoms with Gasteiger partial charge in [-0.15, -0.1) is 0 Å². The third-order valence-corrected chi connectivity index (χ3v) is 3.35. The number of rotatable bonds is 3. The molecule has 1 aromatic carbocycles. The molecule has 4 N–H and O–H groups in total. The Kier molecular flexibility index (Phi) is 3.54. The summed E-state index contributed by atoms with van der Waals surface area (Å²) in [6.45, 7) is 0. The number of hydrogen-bond donors (Lipinski definition) is 3. The van der Waals surface area contributed by atoms with Crippen LogP contribution in [0, 0.1) is 0 Å². The number of hydrogen-bond acceptors (Lipinski definition) is 3. The van der Waals surface area contributed by atoms with Crippen LogP contribution in [0.2, 0.25) is 0 Å². The first-order chi connectivity index (χ1) is 6.52. The molecule has 5 heteroatoms. The van der Waals surface area contributed by atoms with E-state index >= 15 is 0 Å². The minimum absolute atomic E-state index is 0.157. The van der Waals surface area contributed by atoms with Gasteiger partial charge in [-0.1, -0.05) is 0 Å². The van der Waals surface area contributed by atoms with Crippen LogP contribution in [0.4, 0.5) is 0 Å². The summed E-state index contributed by atoms with van der Waals surface area (Å²) in [7, 11) is 0. The van der Waals surface area contributed by atoms with Crippen LogP contribution in [0.25, 0.3) is 0 Å². The number of carboxylic acids is 1. The van der Waals surface area contributed by atoms with Gasteiger partial charge < -0.3 is 0 Å². The van der Waals surface area contributed by atoms with E-state index in [9.17, 15) is 4.79 Å². The van der Waals surface area contributed by atoms with Gasteiger partial charge in [0.25, 0.3) is 0 Å². The van der Waals surface area contributed by atoms with Gasteiger partial charge in [0, 0.05) is 0 Å². The van der Waals surface area contributed by atoms with E-state index in [4.69, 9.17) is 15.9 Å². The van der Waals surface area contributed by atoms with E-state index in [-0.39, 0.29) is 10.5 Å². The second-order valence-electron chi connectivity index (χ2n) is 2.93. The van der Waals surface area contributed by atoms with Crippen molar-refractivity contribution in [2.24, 2.45) is 5.73 Å². The van der Waals surface area contributed by atoms with Crippen molar-refractivity contribution in [2.45, 2.75) is 10.8 Å². The van der Waals surface area contributed by atoms with Crippen LogP contribution in [0.5, 0.6) is 5.75 Å². The van der Waals surface area contributed by atoms with Crippen molar-refractivity contribution in [3.05, 3.63) is 29.8 Å². The van der Waals surface area contributed by atoms with Gasteiger partial charge in [0.05, 0.1) is 0 Å². The van der Waals surface area contributed by atoms with Crippen LogP contribution in [-0.4, -0.2) is 38.7 Å². The molecule has 0 aliphatic heterocycles. The van der Waals surface area contributed by atoms with Crippen molar-refractivity contribution < 1.29 is 15.0 Å². The number of carbonyl (C=O) groups is 1. The monoisotopic (exact) mass is 254 g/mol. The summed E-state index contributed by atoms with van der Waals surface area (Å²) in [6.07, 6.45) is 0. The predicted molar refractivity (Wildman–Crippen MR) is 52.2 cm³/mol. The second kappa shape index (κ2) is 4.48. The summed E-state index contributed by atoms with van der Waals surface area (Å²) in [5.74, 6) is -0.865. The number of phenolic OH excluding ortho intramolecular Hbond substituents is 1. The number of nitrogens with two attached hydrogens (primary N) is 1. The minimum atomic E-state index is -1.02. The molecule has 0 amide bonds. The Morgan fingerprint density at radius 2 is 1.86 bits per heavy atom. The van der Waals surface area contributed by atoms with Crippen molar-refractivity contribution in [3.8, 4) is 5.75 Å². The first kappa shape index (κ1) is 11.1. The standard InChI is InChI=1S/C9H10GeNO3/c10-7(8(11)9(13)14)5-1-3-6(12)4-2-5/h1-4,7-8,12H,11H2,(H,13,14). The Balaban J connectivity index is 2.84. The predicted octanol–water partition coefficient (Wildman–Crippen LogP) is 0.0137. The van der Waals surface area contributed by atoms with Crippen molar-refractivity contribution in [1.82, 2.24) is 0 Å². The fourth-order valence-corrected chi connectivity index (χ4v) is 1.73. The summed E-state index contributed by atoms with van der Waals surface area (Å²) in [5, 5.41) is 17.7. The zero-order valence-corrected chi connectivity index (χ0v) is 9.44. The van der Waals surface area contributed by atoms with E-state index in [1.807, 2.05) is 0 Å². The molecule has 2 atom stereocenters. The molecule has 1 aromatic rings. The van der Waals surface area contributed by atoms with E-state index < -0.39 is 12.0 Å². The van der Waals surface area contributed by atoms with Gasteiger partial charge >= 0.3 is 89.6 Å². The van der Waals surface area contributed by atoms with Gasteiger partial charge in [-0.3, -0.25) is 0 Å². The molecule has 0 saturated heterocycles. The van der Waals surface area contributed by atoms with Crippen molar-refractivity contribution in [2.75, 3.05) is 0 Å². The maximum absolute atomic E-state index is 10.6. The summed E-state index contributed by atoms with van der Waals surface area (Å²) < 4.78 is -0.270. The van der Waals surface area contributed by atoms with Gasteiger partial charge in [0.2, 0.25) is 0 Å². The van der Waals surface area contributed by atoms with Gasteiger partial charge in [-0.2, -0.15) is 0 Å². The third kappa shape index (κ3) is 2.49. The number of carboxylic acid groups (broad SMARTS) is 1. The Morgan fingerprint density at radius 3 is 2.29 bits per heavy atom. The summed E-state index contributed by atoms with van der Waals surface area (Å²) in [6, 6.07) is 5.45. The van der Waals surface area contributed by atoms with Gasteiger partial charge in [0.15, 0.2) is 0 Å². The molecule has 3 radical (unpaired) electrons.